The minimum absolute atomic E-state index is 0. The van der Waals surface area contributed by atoms with Crippen LogP contribution >= 0.6 is 0 Å². The molecule has 1 aliphatic heterocycles. The first-order chi connectivity index (χ1) is 7.43. The van der Waals surface area contributed by atoms with Gasteiger partial charge in [0.05, 0.1) is 0 Å². The summed E-state index contributed by atoms with van der Waals surface area (Å²) in [6.07, 6.45) is 2.19. The fourth-order valence-electron chi connectivity index (χ4n) is 2.06. The molecule has 0 saturated carbocycles. The maximum atomic E-state index is 4.70. The van der Waals surface area contributed by atoms with E-state index in [1.807, 2.05) is 0 Å². The minimum Gasteiger partial charge on any atom is -0.657 e. The molecule has 0 spiro atoms. The molecule has 1 nitrogen and oxygen atoms in total. The van der Waals surface area contributed by atoms with Crippen molar-refractivity contribution in [3.8, 4) is 0 Å². The van der Waals surface area contributed by atoms with Crippen molar-refractivity contribution in [1.82, 2.24) is 0 Å². The van der Waals surface area contributed by atoms with Gasteiger partial charge in [0.15, 0.2) is 0 Å². The molecule has 77 valence electrons. The normalized spacial score (nSPS) is 12.5. The van der Waals surface area contributed by atoms with Crippen molar-refractivity contribution < 1.29 is 32.7 Å². The number of hydrogen-bond acceptors (Lipinski definition) is 0. The summed E-state index contributed by atoms with van der Waals surface area (Å²) in [4.78, 5) is 0. The third-order valence-electron chi connectivity index (χ3n) is 2.89. The Labute approximate surface area is 121 Å². The van der Waals surface area contributed by atoms with Gasteiger partial charge in [-0.2, -0.15) is 0 Å². The van der Waals surface area contributed by atoms with E-state index in [0.29, 0.717) is 0 Å². The molecule has 0 unspecified atom stereocenters. The molecule has 1 radical (unpaired) electrons. The van der Waals surface area contributed by atoms with Gasteiger partial charge in [0, 0.05) is 32.7 Å². The first-order valence-corrected chi connectivity index (χ1v) is 5.31. The van der Waals surface area contributed by atoms with Gasteiger partial charge in [-0.05, 0) is 12.8 Å². The number of nitrogens with zero attached hydrogens (tertiary/aromatic N) is 1. The standard InChI is InChI=1S/C14H12N.Y/c1-3-7-13-11(5-1)9-10-12-6-2-4-8-14(12)15-13;/h1-8H,9-10H2;/q-1;. The Morgan fingerprint density at radius 3 is 1.62 bits per heavy atom. The quantitative estimate of drug-likeness (QED) is 0.690. The fourth-order valence-corrected chi connectivity index (χ4v) is 2.06. The third-order valence-corrected chi connectivity index (χ3v) is 2.89. The molecular weight excluding hydrogens is 271 g/mol. The van der Waals surface area contributed by atoms with Gasteiger partial charge < -0.3 is 5.32 Å². The second kappa shape index (κ2) is 5.12. The van der Waals surface area contributed by atoms with Crippen LogP contribution in [0.2, 0.25) is 0 Å². The van der Waals surface area contributed by atoms with Crippen LogP contribution in [0.25, 0.3) is 5.32 Å². The van der Waals surface area contributed by atoms with Crippen LogP contribution in [-0.2, 0) is 45.6 Å². The zero-order chi connectivity index (χ0) is 10.1. The van der Waals surface area contributed by atoms with Gasteiger partial charge in [-0.15, -0.1) is 11.4 Å². The predicted molar refractivity (Wildman–Crippen MR) is 63.0 cm³/mol. The zero-order valence-electron chi connectivity index (χ0n) is 9.06. The molecule has 2 aromatic carbocycles. The Kier molecular flexibility index (Phi) is 3.78. The summed E-state index contributed by atoms with van der Waals surface area (Å²) in [6, 6.07) is 16.8. The van der Waals surface area contributed by atoms with E-state index in [1.54, 1.807) is 0 Å². The van der Waals surface area contributed by atoms with Crippen molar-refractivity contribution in [2.45, 2.75) is 12.8 Å². The molecular formula is C14H12NY-. The number of benzene rings is 2. The number of para-hydroxylation sites is 2. The Balaban J connectivity index is 0.000000963. The average Bonchev–Trinajstić information content (AvgIpc) is 2.48. The first kappa shape index (κ1) is 11.8. The first-order valence-electron chi connectivity index (χ1n) is 5.31. The Bertz CT molecular complexity index is 448. The third kappa shape index (κ3) is 2.21. The van der Waals surface area contributed by atoms with Crippen LogP contribution in [0.1, 0.15) is 11.1 Å². The molecule has 1 heterocycles. The van der Waals surface area contributed by atoms with Gasteiger partial charge in [-0.1, -0.05) is 59.7 Å². The average molecular weight is 283 g/mol. The van der Waals surface area contributed by atoms with Gasteiger partial charge in [-0.3, -0.25) is 0 Å². The predicted octanol–water partition coefficient (Wildman–Crippen LogP) is 4.12. The summed E-state index contributed by atoms with van der Waals surface area (Å²) in [6.45, 7) is 0. The van der Waals surface area contributed by atoms with Crippen molar-refractivity contribution in [3.05, 3.63) is 65.0 Å². The summed E-state index contributed by atoms with van der Waals surface area (Å²) >= 11 is 0. The molecule has 0 aromatic heterocycles. The van der Waals surface area contributed by atoms with Gasteiger partial charge >= 0.3 is 0 Å². The number of fused-ring (bicyclic) bond motifs is 2. The van der Waals surface area contributed by atoms with Crippen LogP contribution in [0, 0.1) is 0 Å². The van der Waals surface area contributed by atoms with E-state index in [4.69, 9.17) is 5.32 Å². The largest absolute Gasteiger partial charge is 0.657 e. The molecule has 0 N–H and O–H groups in total. The molecule has 0 amide bonds. The van der Waals surface area contributed by atoms with E-state index < -0.39 is 0 Å². The second-order valence-electron chi connectivity index (χ2n) is 3.87. The van der Waals surface area contributed by atoms with Gasteiger partial charge in [0.2, 0.25) is 0 Å². The van der Waals surface area contributed by atoms with Crippen molar-refractivity contribution in [2.75, 3.05) is 0 Å². The summed E-state index contributed by atoms with van der Waals surface area (Å²) in [5, 5.41) is 4.70. The summed E-state index contributed by atoms with van der Waals surface area (Å²) in [5.74, 6) is 0. The number of aryl methyl sites for hydroxylation is 2. The minimum atomic E-state index is 0. The number of hydrogen-bond donors (Lipinski definition) is 0. The Hall–Kier alpha value is -0.656. The van der Waals surface area contributed by atoms with Crippen LogP contribution in [0.3, 0.4) is 0 Å². The molecule has 0 atom stereocenters. The molecule has 3 rings (SSSR count). The molecule has 2 aromatic rings. The van der Waals surface area contributed by atoms with Gasteiger partial charge in [0.1, 0.15) is 0 Å². The van der Waals surface area contributed by atoms with Crippen molar-refractivity contribution in [1.29, 1.82) is 0 Å². The maximum absolute atomic E-state index is 4.70. The monoisotopic (exact) mass is 283 g/mol. The van der Waals surface area contributed by atoms with E-state index in [2.05, 4.69) is 48.5 Å². The fraction of sp³-hybridized carbons (Fsp3) is 0.143. The van der Waals surface area contributed by atoms with Crippen molar-refractivity contribution >= 4 is 11.4 Å². The van der Waals surface area contributed by atoms with Gasteiger partial charge in [-0.25, -0.2) is 0 Å². The topological polar surface area (TPSA) is 14.1 Å². The molecule has 1 aliphatic rings. The van der Waals surface area contributed by atoms with E-state index in [-0.39, 0.29) is 32.7 Å². The van der Waals surface area contributed by atoms with Crippen molar-refractivity contribution in [3.63, 3.8) is 0 Å². The van der Waals surface area contributed by atoms with Crippen LogP contribution in [0.5, 0.6) is 0 Å². The van der Waals surface area contributed by atoms with E-state index in [1.165, 1.54) is 11.1 Å². The van der Waals surface area contributed by atoms with Gasteiger partial charge in [0.25, 0.3) is 0 Å². The summed E-state index contributed by atoms with van der Waals surface area (Å²) in [5.41, 5.74) is 4.97. The van der Waals surface area contributed by atoms with E-state index >= 15 is 0 Å². The maximum Gasteiger partial charge on any atom is 0 e. The van der Waals surface area contributed by atoms with E-state index in [0.717, 1.165) is 24.2 Å². The van der Waals surface area contributed by atoms with Crippen LogP contribution in [0.4, 0.5) is 11.4 Å². The Morgan fingerprint density at radius 2 is 1.12 bits per heavy atom. The number of rotatable bonds is 0. The second-order valence-corrected chi connectivity index (χ2v) is 3.87. The van der Waals surface area contributed by atoms with Crippen molar-refractivity contribution in [2.24, 2.45) is 0 Å². The summed E-state index contributed by atoms with van der Waals surface area (Å²) in [7, 11) is 0. The van der Waals surface area contributed by atoms with Crippen LogP contribution in [-0.4, -0.2) is 0 Å². The zero-order valence-corrected chi connectivity index (χ0v) is 11.9. The molecule has 16 heavy (non-hydrogen) atoms. The van der Waals surface area contributed by atoms with Crippen LogP contribution in [0.15, 0.2) is 48.5 Å². The van der Waals surface area contributed by atoms with Crippen LogP contribution < -0.4 is 0 Å². The summed E-state index contributed by atoms with van der Waals surface area (Å²) < 4.78 is 0. The SMILES string of the molecule is [Y].c1ccc2c(c1)CCc1ccccc1[N-]2. The molecule has 0 fully saturated rings. The molecule has 2 heteroatoms. The molecule has 0 saturated heterocycles. The molecule has 0 bridgehead atoms. The van der Waals surface area contributed by atoms with E-state index in [9.17, 15) is 0 Å². The smallest absolute Gasteiger partial charge is 0 e. The Morgan fingerprint density at radius 1 is 0.688 bits per heavy atom. The molecule has 0 aliphatic carbocycles.